The first kappa shape index (κ1) is 22.1. The lowest BCUT2D eigenvalue weighted by Crippen LogP contribution is -2.23. The summed E-state index contributed by atoms with van der Waals surface area (Å²) in [6.45, 7) is 0. The van der Waals surface area contributed by atoms with Gasteiger partial charge in [0.25, 0.3) is 0 Å². The molecule has 0 aliphatic heterocycles. The Hall–Kier alpha value is -2.62. The number of para-hydroxylation sites is 1. The van der Waals surface area contributed by atoms with E-state index in [4.69, 9.17) is 23.8 Å². The molecule has 0 radical (unpaired) electrons. The maximum Gasteiger partial charge on any atom is 0.417 e. The van der Waals surface area contributed by atoms with Crippen molar-refractivity contribution in [1.29, 1.82) is 0 Å². The second-order valence-corrected chi connectivity index (χ2v) is 7.81. The number of nitrogens with one attached hydrogen (secondary N) is 2. The molecule has 3 aromatic rings. The summed E-state index contributed by atoms with van der Waals surface area (Å²) in [5.41, 5.74) is 2.82. The van der Waals surface area contributed by atoms with Gasteiger partial charge in [-0.25, -0.2) is 0 Å². The van der Waals surface area contributed by atoms with Crippen LogP contribution in [0, 0.1) is 0 Å². The summed E-state index contributed by atoms with van der Waals surface area (Å²) in [6.07, 6.45) is -2.41. The molecule has 0 spiro atoms. The van der Waals surface area contributed by atoms with E-state index in [1.54, 1.807) is 24.3 Å². The van der Waals surface area contributed by atoms with Crippen LogP contribution < -0.4 is 10.7 Å². The summed E-state index contributed by atoms with van der Waals surface area (Å²) in [7, 11) is 0. The minimum absolute atomic E-state index is 0.233. The lowest BCUT2D eigenvalue weighted by molar-refractivity contribution is -0.138. The van der Waals surface area contributed by atoms with E-state index in [0.717, 1.165) is 29.7 Å². The molecule has 2 aromatic carbocycles. The number of anilines is 1. The molecule has 0 aliphatic carbocycles. The number of aromatic nitrogens is 1. The molecule has 0 amide bonds. The highest BCUT2D eigenvalue weighted by Gasteiger charge is 2.31. The maximum absolute atomic E-state index is 13.1. The number of halogens is 4. The van der Waals surface area contributed by atoms with E-state index >= 15 is 0 Å². The van der Waals surface area contributed by atoms with E-state index in [1.807, 2.05) is 30.3 Å². The Labute approximate surface area is 185 Å². The van der Waals surface area contributed by atoms with Crippen LogP contribution in [-0.4, -0.2) is 16.3 Å². The van der Waals surface area contributed by atoms with Crippen LogP contribution in [0.5, 0.6) is 0 Å². The quantitative estimate of drug-likeness (QED) is 0.265. The number of hydrazone groups is 1. The highest BCUT2D eigenvalue weighted by atomic mass is 35.5. The predicted molar refractivity (Wildman–Crippen MR) is 118 cm³/mol. The van der Waals surface area contributed by atoms with Crippen molar-refractivity contribution in [3.05, 3.63) is 83.1 Å². The van der Waals surface area contributed by atoms with Gasteiger partial charge in [0.15, 0.2) is 5.11 Å². The van der Waals surface area contributed by atoms with E-state index in [9.17, 15) is 13.2 Å². The van der Waals surface area contributed by atoms with E-state index in [-0.39, 0.29) is 10.8 Å². The fourth-order valence-electron chi connectivity index (χ4n) is 2.25. The molecule has 0 unspecified atom stereocenters. The molecule has 0 atom stereocenters. The molecule has 0 bridgehead atoms. The van der Waals surface area contributed by atoms with Crippen molar-refractivity contribution in [1.82, 2.24) is 10.4 Å². The van der Waals surface area contributed by atoms with Gasteiger partial charge in [0, 0.05) is 26.7 Å². The fraction of sp³-hybridized carbons (Fsp3) is 0.0500. The molecule has 1 aromatic heterocycles. The van der Waals surface area contributed by atoms with Gasteiger partial charge in [0.2, 0.25) is 0 Å². The van der Waals surface area contributed by atoms with Gasteiger partial charge in [0.1, 0.15) is 0 Å². The maximum atomic E-state index is 13.1. The average molecular weight is 467 g/mol. The van der Waals surface area contributed by atoms with E-state index < -0.39 is 11.7 Å². The van der Waals surface area contributed by atoms with E-state index in [1.165, 1.54) is 6.21 Å². The van der Waals surface area contributed by atoms with Gasteiger partial charge in [-0.3, -0.25) is 10.4 Å². The number of pyridine rings is 1. The molecule has 4 nitrogen and oxygen atoms in total. The number of nitrogens with zero attached hydrogens (tertiary/aromatic N) is 2. The van der Waals surface area contributed by atoms with Crippen molar-refractivity contribution in [2.45, 2.75) is 16.0 Å². The molecular weight excluding hydrogens is 453 g/mol. The molecule has 0 saturated carbocycles. The summed E-state index contributed by atoms with van der Waals surface area (Å²) in [5.74, 6) is 0. The highest BCUT2D eigenvalue weighted by molar-refractivity contribution is 7.99. The van der Waals surface area contributed by atoms with Crippen LogP contribution in [0.25, 0.3) is 0 Å². The van der Waals surface area contributed by atoms with Crippen LogP contribution in [0.15, 0.2) is 81.8 Å². The lowest BCUT2D eigenvalue weighted by atomic mass is 10.2. The van der Waals surface area contributed by atoms with Crippen LogP contribution in [0.4, 0.5) is 18.9 Å². The van der Waals surface area contributed by atoms with Crippen LogP contribution in [0.2, 0.25) is 5.02 Å². The van der Waals surface area contributed by atoms with Gasteiger partial charge in [-0.15, -0.1) is 0 Å². The molecule has 0 aliphatic rings. The molecule has 0 fully saturated rings. The van der Waals surface area contributed by atoms with Gasteiger partial charge in [-0.05, 0) is 54.7 Å². The van der Waals surface area contributed by atoms with E-state index in [0.29, 0.717) is 14.8 Å². The zero-order chi connectivity index (χ0) is 21.6. The van der Waals surface area contributed by atoms with Gasteiger partial charge in [-0.1, -0.05) is 41.6 Å². The Balaban J connectivity index is 1.77. The minimum atomic E-state index is -4.50. The number of hydrogen-bond acceptors (Lipinski definition) is 4. The number of thiocarbonyl (C=S) groups is 1. The Morgan fingerprint density at radius 1 is 1.10 bits per heavy atom. The largest absolute Gasteiger partial charge is 0.417 e. The second-order valence-electron chi connectivity index (χ2n) is 5.85. The van der Waals surface area contributed by atoms with Crippen molar-refractivity contribution < 1.29 is 13.2 Å². The zero-order valence-corrected chi connectivity index (χ0v) is 17.5. The minimum Gasteiger partial charge on any atom is -0.331 e. The highest BCUT2D eigenvalue weighted by Crippen LogP contribution is 2.35. The van der Waals surface area contributed by atoms with Crippen molar-refractivity contribution in [3.63, 3.8) is 0 Å². The summed E-state index contributed by atoms with van der Waals surface area (Å²) in [4.78, 5) is 4.92. The number of hydrogen-bond donors (Lipinski definition) is 2. The monoisotopic (exact) mass is 466 g/mol. The van der Waals surface area contributed by atoms with Gasteiger partial charge in [0.05, 0.1) is 17.5 Å². The summed E-state index contributed by atoms with van der Waals surface area (Å²) in [6, 6.07) is 17.0. The normalized spacial score (nSPS) is 11.5. The average Bonchev–Trinajstić information content (AvgIpc) is 2.70. The van der Waals surface area contributed by atoms with Crippen molar-refractivity contribution in [3.8, 4) is 0 Å². The fourth-order valence-corrected chi connectivity index (χ4v) is 3.47. The predicted octanol–water partition coefficient (Wildman–Crippen LogP) is 6.23. The van der Waals surface area contributed by atoms with Crippen molar-refractivity contribution in [2.24, 2.45) is 5.10 Å². The topological polar surface area (TPSA) is 49.3 Å². The lowest BCUT2D eigenvalue weighted by Gasteiger charge is -2.11. The Kier molecular flexibility index (Phi) is 7.30. The molecule has 1 heterocycles. The Morgan fingerprint density at radius 3 is 2.47 bits per heavy atom. The second kappa shape index (κ2) is 9.92. The first-order valence-electron chi connectivity index (χ1n) is 8.47. The third-order valence-corrected chi connectivity index (χ3v) is 5.14. The first-order chi connectivity index (χ1) is 14.3. The van der Waals surface area contributed by atoms with Gasteiger partial charge in [-0.2, -0.15) is 18.3 Å². The smallest absolute Gasteiger partial charge is 0.331 e. The van der Waals surface area contributed by atoms with Crippen molar-refractivity contribution >= 4 is 52.6 Å². The first-order valence-corrected chi connectivity index (χ1v) is 10.1. The number of alkyl halides is 3. The van der Waals surface area contributed by atoms with Crippen LogP contribution in [0.1, 0.15) is 11.3 Å². The van der Waals surface area contributed by atoms with Crippen LogP contribution in [0.3, 0.4) is 0 Å². The molecule has 30 heavy (non-hydrogen) atoms. The standard InChI is InChI=1S/C20H14ClF3N4S2/c21-14-6-8-16(9-7-14)30-18-10-13(20(22,23)24)11-25-17(18)12-26-28-19(29)27-15-4-2-1-3-5-15/h1-12H,(H2,27,28,29)/b26-12+. The van der Waals surface area contributed by atoms with E-state index in [2.05, 4.69) is 20.8 Å². The third-order valence-electron chi connectivity index (χ3n) is 3.64. The molecule has 3 rings (SSSR count). The van der Waals surface area contributed by atoms with Gasteiger partial charge >= 0.3 is 6.18 Å². The Morgan fingerprint density at radius 2 is 1.80 bits per heavy atom. The molecule has 2 N–H and O–H groups in total. The molecule has 154 valence electrons. The zero-order valence-electron chi connectivity index (χ0n) is 15.2. The molecular formula is C20H14ClF3N4S2. The molecule has 10 heteroatoms. The Bertz CT molecular complexity index is 1040. The van der Waals surface area contributed by atoms with Gasteiger partial charge < -0.3 is 5.32 Å². The number of rotatable bonds is 5. The van der Waals surface area contributed by atoms with Crippen molar-refractivity contribution in [2.75, 3.05) is 5.32 Å². The SMILES string of the molecule is FC(F)(F)c1cnc(/C=N/NC(=S)Nc2ccccc2)c(Sc2ccc(Cl)cc2)c1. The molecule has 0 saturated heterocycles. The number of benzene rings is 2. The summed E-state index contributed by atoms with van der Waals surface area (Å²) in [5, 5.41) is 7.69. The van der Waals surface area contributed by atoms with Crippen LogP contribution in [-0.2, 0) is 6.18 Å². The van der Waals surface area contributed by atoms with Crippen LogP contribution >= 0.6 is 35.6 Å². The third kappa shape index (κ3) is 6.45. The summed E-state index contributed by atoms with van der Waals surface area (Å²) >= 11 is 12.1. The summed E-state index contributed by atoms with van der Waals surface area (Å²) < 4.78 is 39.4.